The molecule has 0 fully saturated rings. The Morgan fingerprint density at radius 3 is 2.41 bits per heavy atom. The van der Waals surface area contributed by atoms with E-state index in [9.17, 15) is 9.59 Å². The lowest BCUT2D eigenvalue weighted by Gasteiger charge is -2.19. The molecule has 1 heterocycles. The van der Waals surface area contributed by atoms with Crippen LogP contribution < -0.4 is 10.1 Å². The van der Waals surface area contributed by atoms with Gasteiger partial charge in [0.25, 0.3) is 5.91 Å². The van der Waals surface area contributed by atoms with Crippen molar-refractivity contribution in [2.75, 3.05) is 12.4 Å². The molecular weight excluding hydrogens is 372 g/mol. The molecule has 150 valence electrons. The van der Waals surface area contributed by atoms with Gasteiger partial charge in [0.1, 0.15) is 17.1 Å². The highest BCUT2D eigenvalue weighted by atomic mass is 16.6. The van der Waals surface area contributed by atoms with E-state index in [4.69, 9.17) is 14.0 Å². The van der Waals surface area contributed by atoms with Crippen molar-refractivity contribution in [2.24, 2.45) is 0 Å². The minimum absolute atomic E-state index is 0.215. The summed E-state index contributed by atoms with van der Waals surface area (Å²) in [5.41, 5.74) is 2.60. The van der Waals surface area contributed by atoms with Crippen LogP contribution >= 0.6 is 0 Å². The average Bonchev–Trinajstić information content (AvgIpc) is 3.05. The van der Waals surface area contributed by atoms with Gasteiger partial charge in [-0.1, -0.05) is 41.6 Å². The van der Waals surface area contributed by atoms with Gasteiger partial charge in [-0.15, -0.1) is 0 Å². The molecular formula is C22H22N2O5. The molecule has 0 aliphatic heterocycles. The van der Waals surface area contributed by atoms with Crippen molar-refractivity contribution >= 4 is 17.6 Å². The van der Waals surface area contributed by atoms with Crippen LogP contribution in [-0.4, -0.2) is 24.1 Å². The molecule has 7 heteroatoms. The lowest BCUT2D eigenvalue weighted by molar-refractivity contribution is -0.125. The van der Waals surface area contributed by atoms with Gasteiger partial charge in [0.15, 0.2) is 0 Å². The summed E-state index contributed by atoms with van der Waals surface area (Å²) in [5.74, 6) is -0.338. The van der Waals surface area contributed by atoms with Crippen LogP contribution in [0.15, 0.2) is 53.1 Å². The van der Waals surface area contributed by atoms with Gasteiger partial charge in [0, 0.05) is 5.56 Å². The predicted molar refractivity (Wildman–Crippen MR) is 107 cm³/mol. The fourth-order valence-electron chi connectivity index (χ4n) is 2.96. The predicted octanol–water partition coefficient (Wildman–Crippen LogP) is 4.15. The molecule has 0 saturated carbocycles. The van der Waals surface area contributed by atoms with Crippen molar-refractivity contribution in [3.05, 3.63) is 76.7 Å². The molecule has 29 heavy (non-hydrogen) atoms. The van der Waals surface area contributed by atoms with E-state index in [0.717, 1.165) is 5.56 Å². The molecule has 0 saturated heterocycles. The first-order chi connectivity index (χ1) is 13.9. The largest absolute Gasteiger partial charge is 0.495 e. The van der Waals surface area contributed by atoms with Crippen LogP contribution in [0.25, 0.3) is 0 Å². The van der Waals surface area contributed by atoms with Crippen molar-refractivity contribution in [2.45, 2.75) is 26.9 Å². The molecule has 7 nitrogen and oxygen atoms in total. The Balaban J connectivity index is 1.91. The second-order valence-electron chi connectivity index (χ2n) is 6.59. The lowest BCUT2D eigenvalue weighted by Crippen LogP contribution is -2.26. The highest BCUT2D eigenvalue weighted by Gasteiger charge is 2.29. The summed E-state index contributed by atoms with van der Waals surface area (Å²) in [6.07, 6.45) is -1.16. The fraction of sp³-hybridized carbons (Fsp3) is 0.227. The van der Waals surface area contributed by atoms with Gasteiger partial charge < -0.3 is 19.3 Å². The molecule has 0 aliphatic rings. The maximum atomic E-state index is 13.1. The number of aryl methyl sites for hydroxylation is 3. The number of ether oxygens (including phenoxy) is 2. The third kappa shape index (κ3) is 4.45. The molecule has 1 atom stereocenters. The first-order valence-corrected chi connectivity index (χ1v) is 9.05. The lowest BCUT2D eigenvalue weighted by atomic mass is 10.1. The Morgan fingerprint density at radius 1 is 1.07 bits per heavy atom. The number of hydrogen-bond acceptors (Lipinski definition) is 6. The van der Waals surface area contributed by atoms with Gasteiger partial charge >= 0.3 is 5.97 Å². The maximum absolute atomic E-state index is 13.1. The third-order valence-corrected chi connectivity index (χ3v) is 4.42. The van der Waals surface area contributed by atoms with Crippen LogP contribution in [0, 0.1) is 20.8 Å². The molecule has 0 aliphatic carbocycles. The van der Waals surface area contributed by atoms with Gasteiger partial charge in [-0.25, -0.2) is 4.79 Å². The number of nitrogens with zero attached hydrogens (tertiary/aromatic N) is 1. The second kappa shape index (κ2) is 8.60. The van der Waals surface area contributed by atoms with E-state index in [1.807, 2.05) is 19.1 Å². The van der Waals surface area contributed by atoms with Gasteiger partial charge in [-0.3, -0.25) is 4.79 Å². The summed E-state index contributed by atoms with van der Waals surface area (Å²) in [7, 11) is 1.52. The summed E-state index contributed by atoms with van der Waals surface area (Å²) in [4.78, 5) is 25.8. The van der Waals surface area contributed by atoms with Crippen LogP contribution in [0.2, 0.25) is 0 Å². The first-order valence-electron chi connectivity index (χ1n) is 9.05. The van der Waals surface area contributed by atoms with Crippen molar-refractivity contribution in [1.29, 1.82) is 0 Å². The maximum Gasteiger partial charge on any atom is 0.344 e. The van der Waals surface area contributed by atoms with E-state index in [1.54, 1.807) is 50.2 Å². The van der Waals surface area contributed by atoms with Gasteiger partial charge in [-0.2, -0.15) is 0 Å². The molecule has 1 aromatic heterocycles. The molecule has 0 bridgehead atoms. The summed E-state index contributed by atoms with van der Waals surface area (Å²) in [6.45, 7) is 5.16. The number of esters is 1. The summed E-state index contributed by atoms with van der Waals surface area (Å²) < 4.78 is 15.9. The van der Waals surface area contributed by atoms with Crippen molar-refractivity contribution in [3.8, 4) is 5.75 Å². The zero-order valence-electron chi connectivity index (χ0n) is 16.7. The van der Waals surface area contributed by atoms with E-state index >= 15 is 0 Å². The van der Waals surface area contributed by atoms with Crippen LogP contribution in [0.1, 0.15) is 39.0 Å². The standard InChI is InChI=1S/C22H22N2O5/c1-13-10-11-18(27-4)17(12-13)23-21(25)20(16-8-6-5-7-9-16)28-22(26)19-14(2)24-29-15(19)3/h5-12,20H,1-4H3,(H,23,25)/t20-/m1/s1. The Bertz CT molecular complexity index is 1010. The number of carbonyl (C=O) groups excluding carboxylic acids is 2. The smallest absolute Gasteiger partial charge is 0.344 e. The number of aromatic nitrogens is 1. The first kappa shape index (κ1) is 20.1. The third-order valence-electron chi connectivity index (χ3n) is 4.42. The molecule has 2 aromatic carbocycles. The molecule has 0 unspecified atom stereocenters. The van der Waals surface area contributed by atoms with E-state index in [0.29, 0.717) is 28.5 Å². The molecule has 3 rings (SSSR count). The Labute approximate surface area is 168 Å². The topological polar surface area (TPSA) is 90.7 Å². The highest BCUT2D eigenvalue weighted by Crippen LogP contribution is 2.28. The van der Waals surface area contributed by atoms with Gasteiger partial charge in [0.2, 0.25) is 6.10 Å². The monoisotopic (exact) mass is 394 g/mol. The zero-order chi connectivity index (χ0) is 21.0. The summed E-state index contributed by atoms with van der Waals surface area (Å²) >= 11 is 0. The second-order valence-corrected chi connectivity index (χ2v) is 6.59. The number of rotatable bonds is 6. The van der Waals surface area contributed by atoms with Gasteiger partial charge in [0.05, 0.1) is 18.5 Å². The number of amides is 1. The zero-order valence-corrected chi connectivity index (χ0v) is 16.7. The van der Waals surface area contributed by atoms with E-state index in [2.05, 4.69) is 10.5 Å². The SMILES string of the molecule is COc1ccc(C)cc1NC(=O)[C@H](OC(=O)c1c(C)noc1C)c1ccccc1. The Kier molecular flexibility index (Phi) is 5.97. The van der Waals surface area contributed by atoms with Crippen molar-refractivity contribution < 1.29 is 23.6 Å². The van der Waals surface area contributed by atoms with Crippen molar-refractivity contribution in [1.82, 2.24) is 5.16 Å². The van der Waals surface area contributed by atoms with Crippen LogP contribution in [0.3, 0.4) is 0 Å². The van der Waals surface area contributed by atoms with E-state index in [-0.39, 0.29) is 5.56 Å². The van der Waals surface area contributed by atoms with Gasteiger partial charge in [-0.05, 0) is 38.5 Å². The van der Waals surface area contributed by atoms with Crippen LogP contribution in [-0.2, 0) is 9.53 Å². The van der Waals surface area contributed by atoms with E-state index in [1.165, 1.54) is 7.11 Å². The number of hydrogen-bond donors (Lipinski definition) is 1. The number of anilines is 1. The molecule has 3 aromatic rings. The fourth-order valence-corrected chi connectivity index (χ4v) is 2.96. The normalized spacial score (nSPS) is 11.6. The Hall–Kier alpha value is -3.61. The van der Waals surface area contributed by atoms with E-state index < -0.39 is 18.0 Å². The minimum Gasteiger partial charge on any atom is -0.495 e. The average molecular weight is 394 g/mol. The van der Waals surface area contributed by atoms with Crippen molar-refractivity contribution in [3.63, 3.8) is 0 Å². The molecule has 0 radical (unpaired) electrons. The Morgan fingerprint density at radius 2 is 1.79 bits per heavy atom. The molecule has 1 amide bonds. The summed E-state index contributed by atoms with van der Waals surface area (Å²) in [6, 6.07) is 14.2. The number of methoxy groups -OCH3 is 1. The minimum atomic E-state index is -1.16. The molecule has 0 spiro atoms. The number of nitrogens with one attached hydrogen (secondary N) is 1. The number of benzene rings is 2. The van der Waals surface area contributed by atoms with Crippen LogP contribution in [0.5, 0.6) is 5.75 Å². The quantitative estimate of drug-likeness (QED) is 0.632. The molecule has 1 N–H and O–H groups in total. The highest BCUT2D eigenvalue weighted by molar-refractivity contribution is 5.99. The summed E-state index contributed by atoms with van der Waals surface area (Å²) in [5, 5.41) is 6.57. The van der Waals surface area contributed by atoms with Crippen LogP contribution in [0.4, 0.5) is 5.69 Å². The number of carbonyl (C=O) groups is 2.